The fraction of sp³-hybridized carbons (Fsp3) is 0.562. The molecule has 6 nitrogen and oxygen atoms in total. The van der Waals surface area contributed by atoms with Crippen LogP contribution in [0.4, 0.5) is 0 Å². The molecule has 1 aromatic rings. The SMILES string of the molecule is O=C(CN1C(=O)[C@H]2[C@H]3CC[C@@H](C3)[C@@H]2C1=O)NCc1ccco1. The maximum Gasteiger partial charge on any atom is 0.240 e. The molecule has 2 bridgehead atoms. The van der Waals surface area contributed by atoms with Crippen molar-refractivity contribution in [2.45, 2.75) is 25.8 Å². The molecule has 1 aromatic heterocycles. The van der Waals surface area contributed by atoms with Gasteiger partial charge in [-0.3, -0.25) is 19.3 Å². The van der Waals surface area contributed by atoms with Gasteiger partial charge in [0.2, 0.25) is 17.7 Å². The molecule has 3 amide bonds. The second-order valence-corrected chi connectivity index (χ2v) is 6.50. The molecule has 22 heavy (non-hydrogen) atoms. The van der Waals surface area contributed by atoms with E-state index >= 15 is 0 Å². The van der Waals surface area contributed by atoms with Crippen molar-refractivity contribution < 1.29 is 18.8 Å². The molecule has 0 aromatic carbocycles. The second-order valence-electron chi connectivity index (χ2n) is 6.50. The molecule has 1 aliphatic heterocycles. The van der Waals surface area contributed by atoms with E-state index in [-0.39, 0.29) is 42.6 Å². The standard InChI is InChI=1S/C16H18N2O4/c19-12(17-7-11-2-1-5-22-11)8-18-15(20)13-9-3-4-10(6-9)14(13)16(18)21/h1-2,5,9-10,13-14H,3-4,6-8H2,(H,17,19)/t9-,10-,13-,14-/m0/s1. The van der Waals surface area contributed by atoms with E-state index in [9.17, 15) is 14.4 Å². The van der Waals surface area contributed by atoms with Gasteiger partial charge < -0.3 is 9.73 Å². The minimum Gasteiger partial charge on any atom is -0.467 e. The molecule has 1 saturated heterocycles. The highest BCUT2D eigenvalue weighted by Crippen LogP contribution is 2.55. The number of hydrogen-bond donors (Lipinski definition) is 1. The lowest BCUT2D eigenvalue weighted by Gasteiger charge is -2.19. The van der Waals surface area contributed by atoms with Crippen LogP contribution in [0.5, 0.6) is 0 Å². The molecule has 2 aliphatic carbocycles. The number of likely N-dealkylation sites (tertiary alicyclic amines) is 1. The Morgan fingerprint density at radius 1 is 1.23 bits per heavy atom. The van der Waals surface area contributed by atoms with Crippen LogP contribution in [-0.4, -0.2) is 29.2 Å². The van der Waals surface area contributed by atoms with Crippen LogP contribution < -0.4 is 5.32 Å². The summed E-state index contributed by atoms with van der Waals surface area (Å²) in [6.45, 7) is 0.0883. The van der Waals surface area contributed by atoms with Crippen LogP contribution in [0.3, 0.4) is 0 Å². The third-order valence-electron chi connectivity index (χ3n) is 5.36. The lowest BCUT2D eigenvalue weighted by molar-refractivity contribution is -0.144. The molecule has 2 saturated carbocycles. The van der Waals surface area contributed by atoms with E-state index in [1.165, 1.54) is 6.26 Å². The second kappa shape index (κ2) is 4.97. The lowest BCUT2D eigenvalue weighted by atomic mass is 9.81. The Morgan fingerprint density at radius 3 is 2.50 bits per heavy atom. The number of fused-ring (bicyclic) bond motifs is 5. The minimum absolute atomic E-state index is 0.143. The Morgan fingerprint density at radius 2 is 1.91 bits per heavy atom. The molecule has 4 atom stereocenters. The number of imide groups is 1. The monoisotopic (exact) mass is 302 g/mol. The highest BCUT2D eigenvalue weighted by molar-refractivity contribution is 6.08. The maximum atomic E-state index is 12.5. The Labute approximate surface area is 127 Å². The molecular formula is C16H18N2O4. The van der Waals surface area contributed by atoms with Gasteiger partial charge in [-0.1, -0.05) is 0 Å². The van der Waals surface area contributed by atoms with Crippen molar-refractivity contribution >= 4 is 17.7 Å². The third-order valence-corrected chi connectivity index (χ3v) is 5.36. The van der Waals surface area contributed by atoms with Crippen molar-refractivity contribution in [3.63, 3.8) is 0 Å². The number of carbonyl (C=O) groups excluding carboxylic acids is 3. The number of nitrogens with one attached hydrogen (secondary N) is 1. The van der Waals surface area contributed by atoms with E-state index in [0.717, 1.165) is 24.2 Å². The molecule has 1 N–H and O–H groups in total. The Balaban J connectivity index is 1.40. The van der Waals surface area contributed by atoms with Crippen LogP contribution in [0, 0.1) is 23.7 Å². The summed E-state index contributed by atoms with van der Waals surface area (Å²) < 4.78 is 5.13. The first-order chi connectivity index (χ1) is 10.6. The van der Waals surface area contributed by atoms with Gasteiger partial charge in [0.1, 0.15) is 12.3 Å². The smallest absolute Gasteiger partial charge is 0.240 e. The predicted octanol–water partition coefficient (Wildman–Crippen LogP) is 0.927. The van der Waals surface area contributed by atoms with E-state index in [0.29, 0.717) is 17.6 Å². The van der Waals surface area contributed by atoms with Crippen LogP contribution >= 0.6 is 0 Å². The zero-order valence-electron chi connectivity index (χ0n) is 12.2. The number of amides is 3. The van der Waals surface area contributed by atoms with E-state index in [4.69, 9.17) is 4.42 Å². The normalized spacial score (nSPS) is 32.6. The first kappa shape index (κ1) is 13.5. The first-order valence-electron chi connectivity index (χ1n) is 7.79. The molecule has 2 heterocycles. The fourth-order valence-electron chi connectivity index (χ4n) is 4.42. The van der Waals surface area contributed by atoms with E-state index in [2.05, 4.69) is 5.32 Å². The van der Waals surface area contributed by atoms with Crippen molar-refractivity contribution in [1.82, 2.24) is 10.2 Å². The largest absolute Gasteiger partial charge is 0.467 e. The quantitative estimate of drug-likeness (QED) is 0.839. The van der Waals surface area contributed by atoms with Gasteiger partial charge in [-0.15, -0.1) is 0 Å². The van der Waals surface area contributed by atoms with Crippen LogP contribution in [0.15, 0.2) is 22.8 Å². The summed E-state index contributed by atoms with van der Waals surface area (Å²) in [7, 11) is 0. The molecule has 4 rings (SSSR count). The molecule has 0 unspecified atom stereocenters. The summed E-state index contributed by atoms with van der Waals surface area (Å²) in [4.78, 5) is 38.1. The molecule has 3 aliphatic rings. The molecule has 0 spiro atoms. The van der Waals surface area contributed by atoms with E-state index < -0.39 is 0 Å². The summed E-state index contributed by atoms with van der Waals surface area (Å²) in [6.07, 6.45) is 4.63. The summed E-state index contributed by atoms with van der Waals surface area (Å²) in [5.74, 6) is 0.400. The Hall–Kier alpha value is -2.11. The number of rotatable bonds is 4. The zero-order valence-corrected chi connectivity index (χ0v) is 12.2. The lowest BCUT2D eigenvalue weighted by Crippen LogP contribution is -2.41. The molecule has 116 valence electrons. The Bertz CT molecular complexity index is 596. The van der Waals surface area contributed by atoms with Crippen LogP contribution in [0.1, 0.15) is 25.0 Å². The van der Waals surface area contributed by atoms with Crippen molar-refractivity contribution in [3.05, 3.63) is 24.2 Å². The summed E-state index contributed by atoms with van der Waals surface area (Å²) in [6, 6.07) is 3.50. The average molecular weight is 302 g/mol. The predicted molar refractivity (Wildman–Crippen MR) is 75.1 cm³/mol. The molecule has 3 fully saturated rings. The van der Waals surface area contributed by atoms with Gasteiger partial charge in [0.25, 0.3) is 0 Å². The fourth-order valence-corrected chi connectivity index (χ4v) is 4.42. The maximum absolute atomic E-state index is 12.5. The number of hydrogen-bond acceptors (Lipinski definition) is 4. The molecule has 0 radical (unpaired) electrons. The summed E-state index contributed by atoms with van der Waals surface area (Å²) >= 11 is 0. The van der Waals surface area contributed by atoms with E-state index in [1.54, 1.807) is 12.1 Å². The van der Waals surface area contributed by atoms with Gasteiger partial charge in [-0.05, 0) is 43.2 Å². The molecule has 6 heteroatoms. The van der Waals surface area contributed by atoms with Gasteiger partial charge in [0, 0.05) is 0 Å². The highest BCUT2D eigenvalue weighted by Gasteiger charge is 2.60. The third kappa shape index (κ3) is 1.97. The summed E-state index contributed by atoms with van der Waals surface area (Å²) in [5.41, 5.74) is 0. The average Bonchev–Trinajstić information content (AvgIpc) is 3.26. The minimum atomic E-state index is -0.328. The van der Waals surface area contributed by atoms with Crippen molar-refractivity contribution in [2.75, 3.05) is 6.54 Å². The van der Waals surface area contributed by atoms with Gasteiger partial charge in [-0.2, -0.15) is 0 Å². The number of furan rings is 1. The van der Waals surface area contributed by atoms with Gasteiger partial charge in [-0.25, -0.2) is 0 Å². The van der Waals surface area contributed by atoms with Gasteiger partial charge in [0.05, 0.1) is 24.6 Å². The topological polar surface area (TPSA) is 79.6 Å². The van der Waals surface area contributed by atoms with Gasteiger partial charge in [0.15, 0.2) is 0 Å². The summed E-state index contributed by atoms with van der Waals surface area (Å²) in [5, 5.41) is 2.68. The highest BCUT2D eigenvalue weighted by atomic mass is 16.3. The van der Waals surface area contributed by atoms with Crippen molar-refractivity contribution in [1.29, 1.82) is 0 Å². The molecular weight excluding hydrogens is 284 g/mol. The van der Waals surface area contributed by atoms with Crippen LogP contribution in [-0.2, 0) is 20.9 Å². The number of carbonyl (C=O) groups is 3. The number of nitrogens with zero attached hydrogens (tertiary/aromatic N) is 1. The van der Waals surface area contributed by atoms with Crippen LogP contribution in [0.25, 0.3) is 0 Å². The van der Waals surface area contributed by atoms with Crippen molar-refractivity contribution in [2.24, 2.45) is 23.7 Å². The van der Waals surface area contributed by atoms with Crippen molar-refractivity contribution in [3.8, 4) is 0 Å². The Kier molecular flexibility index (Phi) is 3.06. The van der Waals surface area contributed by atoms with E-state index in [1.807, 2.05) is 0 Å². The van der Waals surface area contributed by atoms with Gasteiger partial charge >= 0.3 is 0 Å². The first-order valence-corrected chi connectivity index (χ1v) is 7.79. The zero-order chi connectivity index (χ0) is 15.3. The van der Waals surface area contributed by atoms with Crippen LogP contribution in [0.2, 0.25) is 0 Å².